The van der Waals surface area contributed by atoms with Crippen molar-refractivity contribution in [3.05, 3.63) is 63.7 Å². The van der Waals surface area contributed by atoms with E-state index in [2.05, 4.69) is 21.9 Å². The number of methoxy groups -OCH3 is 1. The lowest BCUT2D eigenvalue weighted by molar-refractivity contribution is -0.384. The van der Waals surface area contributed by atoms with Gasteiger partial charge in [0.25, 0.3) is 11.6 Å². The first-order valence-corrected chi connectivity index (χ1v) is 10.7. The summed E-state index contributed by atoms with van der Waals surface area (Å²) >= 11 is 0. The Morgan fingerprint density at radius 1 is 1.00 bits per heavy atom. The van der Waals surface area contributed by atoms with E-state index in [1.165, 1.54) is 17.7 Å². The molecule has 2 aromatic carbocycles. The number of nitro benzene ring substituents is 1. The fourth-order valence-corrected chi connectivity index (χ4v) is 4.31. The van der Waals surface area contributed by atoms with E-state index < -0.39 is 4.92 Å². The van der Waals surface area contributed by atoms with Crippen LogP contribution < -0.4 is 9.64 Å². The molecule has 2 fully saturated rings. The first kappa shape index (κ1) is 21.1. The second-order valence-electron chi connectivity index (χ2n) is 8.07. The first-order valence-electron chi connectivity index (χ1n) is 10.7. The largest absolute Gasteiger partial charge is 0.497 e. The highest BCUT2D eigenvalue weighted by Crippen LogP contribution is 2.29. The smallest absolute Gasteiger partial charge is 0.270 e. The van der Waals surface area contributed by atoms with E-state index in [0.717, 1.165) is 57.0 Å². The second-order valence-corrected chi connectivity index (χ2v) is 8.07. The van der Waals surface area contributed by atoms with E-state index in [9.17, 15) is 14.9 Å². The van der Waals surface area contributed by atoms with E-state index >= 15 is 0 Å². The van der Waals surface area contributed by atoms with Crippen molar-refractivity contribution in [2.45, 2.75) is 19.4 Å². The van der Waals surface area contributed by atoms with Crippen LogP contribution in [0.5, 0.6) is 5.75 Å². The average Bonchev–Trinajstić information content (AvgIpc) is 3.34. The van der Waals surface area contributed by atoms with Gasteiger partial charge >= 0.3 is 0 Å². The molecular weight excluding hydrogens is 396 g/mol. The van der Waals surface area contributed by atoms with Crippen LogP contribution >= 0.6 is 0 Å². The minimum Gasteiger partial charge on any atom is -0.497 e. The third-order valence-corrected chi connectivity index (χ3v) is 6.09. The molecule has 1 amide bonds. The number of hydrogen-bond donors (Lipinski definition) is 0. The van der Waals surface area contributed by atoms with Gasteiger partial charge in [-0.05, 0) is 36.6 Å². The Labute approximate surface area is 182 Å². The Balaban J connectivity index is 1.44. The highest BCUT2D eigenvalue weighted by Gasteiger charge is 2.28. The summed E-state index contributed by atoms with van der Waals surface area (Å²) < 4.78 is 5.21. The van der Waals surface area contributed by atoms with Crippen LogP contribution in [0.1, 0.15) is 28.8 Å². The van der Waals surface area contributed by atoms with Gasteiger partial charge in [0, 0.05) is 57.9 Å². The van der Waals surface area contributed by atoms with Gasteiger partial charge in [-0.1, -0.05) is 12.1 Å². The maximum atomic E-state index is 13.3. The molecule has 0 saturated carbocycles. The summed E-state index contributed by atoms with van der Waals surface area (Å²) in [5.41, 5.74) is 2.42. The van der Waals surface area contributed by atoms with Gasteiger partial charge in [-0.3, -0.25) is 19.8 Å². The number of piperazine rings is 1. The molecule has 2 aromatic rings. The lowest BCUT2D eigenvalue weighted by Crippen LogP contribution is -2.48. The minimum absolute atomic E-state index is 0.0376. The highest BCUT2D eigenvalue weighted by molar-refractivity contribution is 6.00. The molecule has 0 radical (unpaired) electrons. The molecule has 0 unspecified atom stereocenters. The van der Waals surface area contributed by atoms with Crippen LogP contribution in [-0.4, -0.2) is 67.0 Å². The molecule has 0 bridgehead atoms. The van der Waals surface area contributed by atoms with Gasteiger partial charge in [0.1, 0.15) is 5.75 Å². The number of carbonyl (C=O) groups is 1. The van der Waals surface area contributed by atoms with Crippen molar-refractivity contribution in [3.63, 3.8) is 0 Å². The van der Waals surface area contributed by atoms with Gasteiger partial charge in [0.15, 0.2) is 0 Å². The Hall–Kier alpha value is -3.13. The van der Waals surface area contributed by atoms with E-state index in [0.29, 0.717) is 18.7 Å². The molecule has 2 saturated heterocycles. The summed E-state index contributed by atoms with van der Waals surface area (Å²) in [4.78, 5) is 30.5. The van der Waals surface area contributed by atoms with Crippen molar-refractivity contribution in [1.29, 1.82) is 0 Å². The summed E-state index contributed by atoms with van der Waals surface area (Å²) in [6.45, 7) is 5.34. The van der Waals surface area contributed by atoms with E-state index in [1.54, 1.807) is 13.2 Å². The lowest BCUT2D eigenvalue weighted by Gasteiger charge is -2.35. The number of hydrogen-bond acceptors (Lipinski definition) is 6. The SMILES string of the molecule is COc1ccc(CN2CCN(C(=O)c3cc([N+](=O)[O-])ccc3N3CCCC3)CC2)cc1. The number of rotatable bonds is 6. The zero-order valence-electron chi connectivity index (χ0n) is 17.8. The Kier molecular flexibility index (Phi) is 6.36. The zero-order valence-corrected chi connectivity index (χ0v) is 17.8. The third-order valence-electron chi connectivity index (χ3n) is 6.09. The van der Waals surface area contributed by atoms with Gasteiger partial charge in [-0.2, -0.15) is 0 Å². The number of non-ortho nitro benzene ring substituents is 1. The Morgan fingerprint density at radius 2 is 1.68 bits per heavy atom. The summed E-state index contributed by atoms with van der Waals surface area (Å²) in [6, 6.07) is 12.7. The molecule has 0 atom stereocenters. The minimum atomic E-state index is -0.433. The molecule has 4 rings (SSSR count). The van der Waals surface area contributed by atoms with E-state index in [-0.39, 0.29) is 11.6 Å². The van der Waals surface area contributed by atoms with Crippen molar-refractivity contribution >= 4 is 17.3 Å². The third kappa shape index (κ3) is 4.80. The first-order chi connectivity index (χ1) is 15.0. The van der Waals surface area contributed by atoms with Crippen LogP contribution in [0, 0.1) is 10.1 Å². The number of amides is 1. The molecule has 2 heterocycles. The molecule has 0 spiro atoms. The number of carbonyl (C=O) groups excluding carboxylic acids is 1. The van der Waals surface area contributed by atoms with Crippen LogP contribution in [-0.2, 0) is 6.54 Å². The van der Waals surface area contributed by atoms with E-state index in [4.69, 9.17) is 4.74 Å². The predicted molar refractivity (Wildman–Crippen MR) is 119 cm³/mol. The van der Waals surface area contributed by atoms with E-state index in [1.807, 2.05) is 17.0 Å². The molecule has 31 heavy (non-hydrogen) atoms. The van der Waals surface area contributed by atoms with Crippen LogP contribution in [0.3, 0.4) is 0 Å². The second kappa shape index (κ2) is 9.34. The maximum absolute atomic E-state index is 13.3. The average molecular weight is 425 g/mol. The molecule has 0 aromatic heterocycles. The summed E-state index contributed by atoms with van der Waals surface area (Å²) in [5.74, 6) is 0.722. The fraction of sp³-hybridized carbons (Fsp3) is 0.435. The number of anilines is 1. The van der Waals surface area contributed by atoms with Crippen molar-refractivity contribution in [1.82, 2.24) is 9.80 Å². The quantitative estimate of drug-likeness (QED) is 0.524. The number of ether oxygens (including phenoxy) is 1. The normalized spacial score (nSPS) is 17.1. The summed E-state index contributed by atoms with van der Waals surface area (Å²) in [5, 5.41) is 11.3. The maximum Gasteiger partial charge on any atom is 0.270 e. The molecular formula is C23H28N4O4. The molecule has 164 valence electrons. The monoisotopic (exact) mass is 424 g/mol. The van der Waals surface area contributed by atoms with Crippen LogP contribution in [0.4, 0.5) is 11.4 Å². The van der Waals surface area contributed by atoms with Crippen molar-refractivity contribution < 1.29 is 14.5 Å². The lowest BCUT2D eigenvalue weighted by atomic mass is 10.1. The number of nitro groups is 1. The topological polar surface area (TPSA) is 79.2 Å². The summed E-state index contributed by atoms with van der Waals surface area (Å²) in [6.07, 6.45) is 2.16. The Bertz CT molecular complexity index is 933. The molecule has 2 aliphatic heterocycles. The number of nitrogens with zero attached hydrogens (tertiary/aromatic N) is 4. The number of benzene rings is 2. The van der Waals surface area contributed by atoms with Crippen LogP contribution in [0.15, 0.2) is 42.5 Å². The van der Waals surface area contributed by atoms with Gasteiger partial charge in [-0.25, -0.2) is 0 Å². The van der Waals surface area contributed by atoms with Crippen LogP contribution in [0.2, 0.25) is 0 Å². The van der Waals surface area contributed by atoms with Gasteiger partial charge in [0.2, 0.25) is 0 Å². The molecule has 8 nitrogen and oxygen atoms in total. The van der Waals surface area contributed by atoms with Crippen LogP contribution in [0.25, 0.3) is 0 Å². The van der Waals surface area contributed by atoms with Crippen molar-refractivity contribution in [2.75, 3.05) is 51.3 Å². The van der Waals surface area contributed by atoms with Crippen molar-refractivity contribution in [2.24, 2.45) is 0 Å². The highest BCUT2D eigenvalue weighted by atomic mass is 16.6. The van der Waals surface area contributed by atoms with Gasteiger partial charge in [0.05, 0.1) is 23.3 Å². The predicted octanol–water partition coefficient (Wildman–Crippen LogP) is 3.16. The molecule has 2 aliphatic rings. The standard InChI is InChI=1S/C23H28N4O4/c1-31-20-7-4-18(5-8-20)17-24-12-14-26(15-13-24)23(28)21-16-19(27(29)30)6-9-22(21)25-10-2-3-11-25/h4-9,16H,2-3,10-15,17H2,1H3. The Morgan fingerprint density at radius 3 is 2.29 bits per heavy atom. The summed E-state index contributed by atoms with van der Waals surface area (Å²) in [7, 11) is 1.65. The van der Waals surface area contributed by atoms with Crippen molar-refractivity contribution in [3.8, 4) is 5.75 Å². The van der Waals surface area contributed by atoms with Gasteiger partial charge in [-0.15, -0.1) is 0 Å². The molecule has 8 heteroatoms. The molecule has 0 N–H and O–H groups in total. The zero-order chi connectivity index (χ0) is 21.8. The van der Waals surface area contributed by atoms with Gasteiger partial charge < -0.3 is 14.5 Å². The molecule has 0 aliphatic carbocycles. The fourth-order valence-electron chi connectivity index (χ4n) is 4.31.